The Morgan fingerprint density at radius 2 is 1.91 bits per heavy atom. The van der Waals surface area contributed by atoms with E-state index in [1.807, 2.05) is 13.0 Å². The van der Waals surface area contributed by atoms with Gasteiger partial charge in [-0.25, -0.2) is 9.59 Å². The normalized spacial score (nSPS) is 20.0. The molecule has 0 unspecified atom stereocenters. The summed E-state index contributed by atoms with van der Waals surface area (Å²) in [5, 5.41) is 8.56. The van der Waals surface area contributed by atoms with Crippen molar-refractivity contribution in [1.29, 1.82) is 0 Å². The average molecular weight is 319 g/mol. The minimum Gasteiger partial charge on any atom is -0.450 e. The first-order valence-electron chi connectivity index (χ1n) is 8.12. The maximum absolute atomic E-state index is 12.2. The number of nitrogens with one attached hydrogen (secondary N) is 3. The van der Waals surface area contributed by atoms with Crippen molar-refractivity contribution in [2.75, 3.05) is 17.2 Å². The van der Waals surface area contributed by atoms with Crippen LogP contribution in [0, 0.1) is 12.8 Å². The summed E-state index contributed by atoms with van der Waals surface area (Å²) in [7, 11) is 0. The lowest BCUT2D eigenvalue weighted by molar-refractivity contribution is 0.168. The van der Waals surface area contributed by atoms with Gasteiger partial charge in [0.15, 0.2) is 0 Å². The van der Waals surface area contributed by atoms with E-state index < -0.39 is 6.09 Å². The molecule has 126 valence electrons. The third-order valence-corrected chi connectivity index (χ3v) is 4.27. The zero-order valence-electron chi connectivity index (χ0n) is 13.9. The molecule has 2 atom stereocenters. The van der Waals surface area contributed by atoms with Crippen molar-refractivity contribution in [3.63, 3.8) is 0 Å². The Bertz CT molecular complexity index is 574. The molecule has 0 spiro atoms. The number of hydrogen-bond donors (Lipinski definition) is 3. The number of benzene rings is 1. The molecule has 6 nitrogen and oxygen atoms in total. The number of rotatable bonds is 4. The van der Waals surface area contributed by atoms with Crippen molar-refractivity contribution >= 4 is 23.5 Å². The number of hydrogen-bond acceptors (Lipinski definition) is 3. The summed E-state index contributed by atoms with van der Waals surface area (Å²) in [4.78, 5) is 23.7. The zero-order chi connectivity index (χ0) is 16.8. The van der Waals surface area contributed by atoms with Gasteiger partial charge in [0.25, 0.3) is 0 Å². The van der Waals surface area contributed by atoms with Crippen molar-refractivity contribution in [2.45, 2.75) is 46.1 Å². The van der Waals surface area contributed by atoms with E-state index in [1.54, 1.807) is 19.1 Å². The van der Waals surface area contributed by atoms with E-state index in [2.05, 4.69) is 22.9 Å². The second-order valence-electron chi connectivity index (χ2n) is 5.94. The monoisotopic (exact) mass is 319 g/mol. The molecule has 0 bridgehead atoms. The van der Waals surface area contributed by atoms with Gasteiger partial charge in [0.2, 0.25) is 0 Å². The summed E-state index contributed by atoms with van der Waals surface area (Å²) in [6, 6.07) is 5.39. The molecule has 1 aromatic carbocycles. The van der Waals surface area contributed by atoms with Gasteiger partial charge in [-0.15, -0.1) is 0 Å². The predicted molar refractivity (Wildman–Crippen MR) is 90.8 cm³/mol. The minimum absolute atomic E-state index is 0.208. The first-order chi connectivity index (χ1) is 11.0. The standard InChI is InChI=1S/C17H25N3O3/c1-4-23-17(22)20-15-10-6-9-14(12(15)3)19-16(21)18-13-8-5-7-11(13)2/h6,9-11,13H,4-5,7-8H2,1-3H3,(H,20,22)(H2,18,19,21)/t11-,13+/m0/s1. The highest BCUT2D eigenvalue weighted by Gasteiger charge is 2.24. The Kier molecular flexibility index (Phi) is 5.84. The molecule has 2 rings (SSSR count). The summed E-state index contributed by atoms with van der Waals surface area (Å²) in [5.41, 5.74) is 2.08. The molecule has 3 amide bonds. The van der Waals surface area contributed by atoms with E-state index in [0.29, 0.717) is 23.9 Å². The number of carbonyl (C=O) groups excluding carboxylic acids is 2. The Hall–Kier alpha value is -2.24. The smallest absolute Gasteiger partial charge is 0.411 e. The molecule has 0 heterocycles. The highest BCUT2D eigenvalue weighted by Crippen LogP contribution is 2.26. The van der Waals surface area contributed by atoms with Crippen LogP contribution in [0.5, 0.6) is 0 Å². The number of anilines is 2. The summed E-state index contributed by atoms with van der Waals surface area (Å²) in [6.45, 7) is 6.06. The van der Waals surface area contributed by atoms with Crippen LogP contribution in [0.1, 0.15) is 38.7 Å². The van der Waals surface area contributed by atoms with Crippen molar-refractivity contribution in [3.05, 3.63) is 23.8 Å². The third-order valence-electron chi connectivity index (χ3n) is 4.27. The molecule has 1 aliphatic carbocycles. The van der Waals surface area contributed by atoms with E-state index >= 15 is 0 Å². The Balaban J connectivity index is 1.99. The van der Waals surface area contributed by atoms with Crippen molar-refractivity contribution < 1.29 is 14.3 Å². The first-order valence-corrected chi connectivity index (χ1v) is 8.12. The van der Waals surface area contributed by atoms with Crippen LogP contribution >= 0.6 is 0 Å². The lowest BCUT2D eigenvalue weighted by Crippen LogP contribution is -2.39. The van der Waals surface area contributed by atoms with E-state index in [-0.39, 0.29) is 12.1 Å². The molecule has 0 radical (unpaired) electrons. The van der Waals surface area contributed by atoms with E-state index in [0.717, 1.165) is 24.8 Å². The van der Waals surface area contributed by atoms with Gasteiger partial charge >= 0.3 is 12.1 Å². The number of carbonyl (C=O) groups is 2. The van der Waals surface area contributed by atoms with Crippen molar-refractivity contribution in [3.8, 4) is 0 Å². The maximum atomic E-state index is 12.2. The van der Waals surface area contributed by atoms with Gasteiger partial charge < -0.3 is 15.4 Å². The molecule has 0 aromatic heterocycles. The van der Waals surface area contributed by atoms with Gasteiger partial charge in [-0.2, -0.15) is 0 Å². The van der Waals surface area contributed by atoms with Crippen LogP contribution in [0.25, 0.3) is 0 Å². The van der Waals surface area contributed by atoms with Gasteiger partial charge in [-0.1, -0.05) is 19.4 Å². The molecule has 1 fully saturated rings. The second kappa shape index (κ2) is 7.85. The van der Waals surface area contributed by atoms with Crippen LogP contribution in [0.15, 0.2) is 18.2 Å². The van der Waals surface area contributed by atoms with Gasteiger partial charge in [-0.05, 0) is 50.3 Å². The molecule has 3 N–H and O–H groups in total. The second-order valence-corrected chi connectivity index (χ2v) is 5.94. The molecule has 6 heteroatoms. The SMILES string of the molecule is CCOC(=O)Nc1cccc(NC(=O)N[C@@H]2CCC[C@@H]2C)c1C. The molecule has 0 aliphatic heterocycles. The lowest BCUT2D eigenvalue weighted by atomic mass is 10.1. The summed E-state index contributed by atoms with van der Waals surface area (Å²) in [5.74, 6) is 0.513. The van der Waals surface area contributed by atoms with Gasteiger partial charge in [-0.3, -0.25) is 5.32 Å². The largest absolute Gasteiger partial charge is 0.450 e. The van der Waals surface area contributed by atoms with E-state index in [9.17, 15) is 9.59 Å². The third kappa shape index (κ3) is 4.61. The quantitative estimate of drug-likeness (QED) is 0.788. The van der Waals surface area contributed by atoms with Crippen LogP contribution in [0.2, 0.25) is 0 Å². The van der Waals surface area contributed by atoms with Crippen LogP contribution in [0.3, 0.4) is 0 Å². The maximum Gasteiger partial charge on any atom is 0.411 e. The first kappa shape index (κ1) is 17.1. The van der Waals surface area contributed by atoms with E-state index in [1.165, 1.54) is 0 Å². The minimum atomic E-state index is -0.503. The fourth-order valence-electron chi connectivity index (χ4n) is 2.87. The zero-order valence-corrected chi connectivity index (χ0v) is 13.9. The van der Waals surface area contributed by atoms with Crippen LogP contribution in [0.4, 0.5) is 21.0 Å². The average Bonchev–Trinajstić information content (AvgIpc) is 2.89. The topological polar surface area (TPSA) is 79.5 Å². The molecule has 0 saturated heterocycles. The number of ether oxygens (including phenoxy) is 1. The Morgan fingerprint density at radius 1 is 1.22 bits per heavy atom. The lowest BCUT2D eigenvalue weighted by Gasteiger charge is -2.19. The summed E-state index contributed by atoms with van der Waals surface area (Å²) < 4.78 is 4.87. The fourth-order valence-corrected chi connectivity index (χ4v) is 2.87. The Morgan fingerprint density at radius 3 is 2.52 bits per heavy atom. The number of urea groups is 1. The van der Waals surface area contributed by atoms with Gasteiger partial charge in [0.05, 0.1) is 6.61 Å². The summed E-state index contributed by atoms with van der Waals surface area (Å²) >= 11 is 0. The highest BCUT2D eigenvalue weighted by molar-refractivity contribution is 5.93. The predicted octanol–water partition coefficient (Wildman–Crippen LogP) is 3.87. The van der Waals surface area contributed by atoms with Crippen molar-refractivity contribution in [2.24, 2.45) is 5.92 Å². The summed E-state index contributed by atoms with van der Waals surface area (Å²) in [6.07, 6.45) is 2.84. The highest BCUT2D eigenvalue weighted by atomic mass is 16.5. The van der Waals surface area contributed by atoms with Crippen LogP contribution < -0.4 is 16.0 Å². The number of amides is 3. The Labute approximate surface area is 137 Å². The molecule has 1 aromatic rings. The molecular weight excluding hydrogens is 294 g/mol. The van der Waals surface area contributed by atoms with Crippen LogP contribution in [-0.4, -0.2) is 24.8 Å². The van der Waals surface area contributed by atoms with Gasteiger partial charge in [0.1, 0.15) is 0 Å². The molecule has 1 aliphatic rings. The van der Waals surface area contributed by atoms with Crippen molar-refractivity contribution in [1.82, 2.24) is 5.32 Å². The molecular formula is C17H25N3O3. The molecule has 23 heavy (non-hydrogen) atoms. The molecule has 1 saturated carbocycles. The fraction of sp³-hybridized carbons (Fsp3) is 0.529. The van der Waals surface area contributed by atoms with Gasteiger partial charge in [0, 0.05) is 17.4 Å². The van der Waals surface area contributed by atoms with E-state index in [4.69, 9.17) is 4.74 Å². The van der Waals surface area contributed by atoms with Crippen LogP contribution in [-0.2, 0) is 4.74 Å².